The third kappa shape index (κ3) is 3.45. The molecular formula is C25H16N6O2S. The molecule has 164 valence electrons. The Kier molecular flexibility index (Phi) is 5.25. The number of nitriles is 2. The highest BCUT2D eigenvalue weighted by Crippen LogP contribution is 2.40. The molecule has 1 unspecified atom stereocenters. The highest BCUT2D eigenvalue weighted by Gasteiger charge is 2.41. The smallest absolute Gasteiger partial charge is 0.247 e. The SMILES string of the molecule is N#Cc1c(N)nc(SC2CC(=O)N(c3ccc4cc[nH]c4c3)C2=O)c(C#N)c1-c1ccccc1. The molecule has 0 bridgehead atoms. The van der Waals surface area contributed by atoms with Crippen molar-refractivity contribution in [3.8, 4) is 23.3 Å². The molecular weight excluding hydrogens is 448 g/mol. The number of carbonyl (C=O) groups excluding carboxylic acids is 2. The van der Waals surface area contributed by atoms with Gasteiger partial charge in [0.05, 0.1) is 16.5 Å². The molecule has 1 fully saturated rings. The number of nitrogens with one attached hydrogen (secondary N) is 1. The lowest BCUT2D eigenvalue weighted by Gasteiger charge is -2.16. The van der Waals surface area contributed by atoms with Gasteiger partial charge in [-0.25, -0.2) is 9.88 Å². The molecule has 5 rings (SSSR count). The first-order valence-corrected chi connectivity index (χ1v) is 11.2. The van der Waals surface area contributed by atoms with Gasteiger partial charge in [-0.05, 0) is 29.1 Å². The van der Waals surface area contributed by atoms with Crippen LogP contribution in [0.5, 0.6) is 0 Å². The van der Waals surface area contributed by atoms with Gasteiger partial charge in [-0.2, -0.15) is 10.5 Å². The molecule has 2 aromatic carbocycles. The number of pyridine rings is 1. The topological polar surface area (TPSA) is 140 Å². The van der Waals surface area contributed by atoms with Crippen molar-refractivity contribution in [3.63, 3.8) is 0 Å². The lowest BCUT2D eigenvalue weighted by atomic mass is 9.97. The zero-order valence-corrected chi connectivity index (χ0v) is 18.5. The monoisotopic (exact) mass is 464 g/mol. The van der Waals surface area contributed by atoms with Crippen LogP contribution in [0.3, 0.4) is 0 Å². The van der Waals surface area contributed by atoms with Crippen molar-refractivity contribution < 1.29 is 9.59 Å². The van der Waals surface area contributed by atoms with Crippen molar-refractivity contribution in [1.82, 2.24) is 9.97 Å². The summed E-state index contributed by atoms with van der Waals surface area (Å²) in [6, 6.07) is 20.3. The van der Waals surface area contributed by atoms with Crippen molar-refractivity contribution in [3.05, 3.63) is 71.9 Å². The maximum absolute atomic E-state index is 13.2. The number of H-pyrrole nitrogens is 1. The average molecular weight is 465 g/mol. The first kappa shape index (κ1) is 21.3. The number of carbonyl (C=O) groups is 2. The summed E-state index contributed by atoms with van der Waals surface area (Å²) in [4.78, 5) is 34.5. The van der Waals surface area contributed by atoms with Gasteiger partial charge in [-0.3, -0.25) is 9.59 Å². The predicted octanol–water partition coefficient (Wildman–Crippen LogP) is 3.98. The van der Waals surface area contributed by atoms with E-state index >= 15 is 0 Å². The second-order valence-corrected chi connectivity index (χ2v) is 8.84. The first-order valence-electron chi connectivity index (χ1n) is 10.3. The van der Waals surface area contributed by atoms with E-state index in [2.05, 4.69) is 16.0 Å². The van der Waals surface area contributed by atoms with E-state index in [1.807, 2.05) is 24.3 Å². The van der Waals surface area contributed by atoms with E-state index < -0.39 is 11.2 Å². The molecule has 2 amide bonds. The fourth-order valence-electron chi connectivity index (χ4n) is 4.05. The number of nitrogens with two attached hydrogens (primary N) is 1. The Morgan fingerprint density at radius 2 is 1.82 bits per heavy atom. The molecule has 34 heavy (non-hydrogen) atoms. The molecule has 3 heterocycles. The van der Waals surface area contributed by atoms with Gasteiger partial charge in [0.1, 0.15) is 28.5 Å². The van der Waals surface area contributed by atoms with E-state index in [-0.39, 0.29) is 34.3 Å². The number of aromatic amines is 1. The molecule has 1 aliphatic rings. The molecule has 2 aromatic heterocycles. The van der Waals surface area contributed by atoms with Crippen LogP contribution in [0.2, 0.25) is 0 Å². The van der Waals surface area contributed by atoms with Crippen LogP contribution in [0.15, 0.2) is 65.8 Å². The summed E-state index contributed by atoms with van der Waals surface area (Å²) >= 11 is 1.02. The van der Waals surface area contributed by atoms with Gasteiger partial charge in [-0.1, -0.05) is 48.2 Å². The summed E-state index contributed by atoms with van der Waals surface area (Å²) in [5.41, 5.74) is 8.61. The van der Waals surface area contributed by atoms with Crippen LogP contribution in [-0.4, -0.2) is 27.0 Å². The van der Waals surface area contributed by atoms with Crippen molar-refractivity contribution in [2.24, 2.45) is 0 Å². The van der Waals surface area contributed by atoms with Crippen molar-refractivity contribution in [2.75, 3.05) is 10.6 Å². The number of rotatable bonds is 4. The van der Waals surface area contributed by atoms with Crippen molar-refractivity contribution in [1.29, 1.82) is 10.5 Å². The fraction of sp³-hybridized carbons (Fsp3) is 0.0800. The highest BCUT2D eigenvalue weighted by molar-refractivity contribution is 8.00. The Balaban J connectivity index is 1.53. The molecule has 3 N–H and O–H groups in total. The standard InChI is InChI=1S/C25H16N6O2S/c26-12-17-22(15-4-2-1-3-5-15)18(13-27)24(30-23(17)28)34-20-11-21(32)31(25(20)33)16-7-6-14-8-9-29-19(14)10-16/h1-10,20,29H,11H2,(H2,28,30). The third-order valence-corrected chi connectivity index (χ3v) is 6.81. The third-order valence-electron chi connectivity index (χ3n) is 5.63. The van der Waals surface area contributed by atoms with Crippen molar-refractivity contribution in [2.45, 2.75) is 16.7 Å². The fourth-order valence-corrected chi connectivity index (χ4v) is 5.17. The lowest BCUT2D eigenvalue weighted by Crippen LogP contribution is -2.31. The summed E-state index contributed by atoms with van der Waals surface area (Å²) in [6.07, 6.45) is 1.74. The Morgan fingerprint density at radius 3 is 2.56 bits per heavy atom. The summed E-state index contributed by atoms with van der Waals surface area (Å²) in [6.45, 7) is 0. The van der Waals surface area contributed by atoms with Gasteiger partial charge in [-0.15, -0.1) is 0 Å². The van der Waals surface area contributed by atoms with Gasteiger partial charge in [0.2, 0.25) is 11.8 Å². The number of hydrogen-bond acceptors (Lipinski definition) is 7. The number of benzene rings is 2. The number of thioether (sulfide) groups is 1. The molecule has 0 aliphatic carbocycles. The van der Waals surface area contributed by atoms with Gasteiger partial charge < -0.3 is 10.7 Å². The highest BCUT2D eigenvalue weighted by atomic mass is 32.2. The molecule has 0 spiro atoms. The molecule has 9 heteroatoms. The first-order chi connectivity index (χ1) is 16.5. The number of fused-ring (bicyclic) bond motifs is 1. The molecule has 8 nitrogen and oxygen atoms in total. The second-order valence-electron chi connectivity index (χ2n) is 7.64. The molecule has 1 aliphatic heterocycles. The second kappa shape index (κ2) is 8.39. The van der Waals surface area contributed by atoms with E-state index in [1.54, 1.807) is 42.6 Å². The zero-order valence-electron chi connectivity index (χ0n) is 17.6. The summed E-state index contributed by atoms with van der Waals surface area (Å²) in [5.74, 6) is -0.763. The lowest BCUT2D eigenvalue weighted by molar-refractivity contribution is -0.121. The van der Waals surface area contributed by atoms with E-state index in [0.29, 0.717) is 16.8 Å². The van der Waals surface area contributed by atoms with E-state index in [9.17, 15) is 20.1 Å². The molecule has 4 aromatic rings. The van der Waals surface area contributed by atoms with Crippen LogP contribution in [0.25, 0.3) is 22.0 Å². The van der Waals surface area contributed by atoms with E-state index in [0.717, 1.165) is 27.6 Å². The van der Waals surface area contributed by atoms with Crippen LogP contribution < -0.4 is 10.6 Å². The number of imide groups is 1. The normalized spacial score (nSPS) is 15.5. The van der Waals surface area contributed by atoms with Crippen LogP contribution >= 0.6 is 11.8 Å². The van der Waals surface area contributed by atoms with Crippen LogP contribution in [0, 0.1) is 22.7 Å². The van der Waals surface area contributed by atoms with Gasteiger partial charge in [0, 0.05) is 23.7 Å². The Bertz CT molecular complexity index is 1550. The van der Waals surface area contributed by atoms with E-state index in [4.69, 9.17) is 5.73 Å². The van der Waals surface area contributed by atoms with Gasteiger partial charge >= 0.3 is 0 Å². The zero-order chi connectivity index (χ0) is 23.8. The summed E-state index contributed by atoms with van der Waals surface area (Å²) in [7, 11) is 0. The number of amides is 2. The Labute approximate surface area is 198 Å². The number of nitrogen functional groups attached to an aromatic ring is 1. The van der Waals surface area contributed by atoms with E-state index in [1.165, 1.54) is 0 Å². The minimum Gasteiger partial charge on any atom is -0.383 e. The average Bonchev–Trinajstić information content (AvgIpc) is 3.42. The number of anilines is 2. The van der Waals surface area contributed by atoms with Crippen LogP contribution in [-0.2, 0) is 9.59 Å². The maximum atomic E-state index is 13.2. The van der Waals surface area contributed by atoms with Gasteiger partial charge in [0.25, 0.3) is 0 Å². The van der Waals surface area contributed by atoms with Crippen molar-refractivity contribution >= 4 is 46.0 Å². The summed E-state index contributed by atoms with van der Waals surface area (Å²) < 4.78 is 0. The summed E-state index contributed by atoms with van der Waals surface area (Å²) in [5, 5.41) is 20.0. The maximum Gasteiger partial charge on any atom is 0.247 e. The van der Waals surface area contributed by atoms with Crippen LogP contribution in [0.4, 0.5) is 11.5 Å². The molecule has 0 radical (unpaired) electrons. The van der Waals surface area contributed by atoms with Gasteiger partial charge in [0.15, 0.2) is 0 Å². The number of aromatic nitrogens is 2. The molecule has 0 saturated carbocycles. The minimum absolute atomic E-state index is 0.0336. The molecule has 1 atom stereocenters. The number of nitrogens with zero attached hydrogens (tertiary/aromatic N) is 4. The minimum atomic E-state index is -0.776. The predicted molar refractivity (Wildman–Crippen MR) is 129 cm³/mol. The number of hydrogen-bond donors (Lipinski definition) is 2. The molecule has 1 saturated heterocycles. The Morgan fingerprint density at radius 1 is 1.06 bits per heavy atom. The Hall–Kier alpha value is -4.60. The van der Waals surface area contributed by atoms with Crippen LogP contribution in [0.1, 0.15) is 17.5 Å². The largest absolute Gasteiger partial charge is 0.383 e. The quantitative estimate of drug-likeness (QED) is 0.435.